The van der Waals surface area contributed by atoms with Crippen molar-refractivity contribution in [3.05, 3.63) is 24.0 Å². The number of anilines is 1. The van der Waals surface area contributed by atoms with Crippen molar-refractivity contribution < 1.29 is 22.7 Å². The number of hydrogen-bond donors (Lipinski definition) is 2. The van der Waals surface area contributed by atoms with Crippen LogP contribution in [0.25, 0.3) is 0 Å². The zero-order valence-corrected chi connectivity index (χ0v) is 12.5. The van der Waals surface area contributed by atoms with Gasteiger partial charge in [-0.05, 0) is 31.0 Å². The first-order valence-corrected chi connectivity index (χ1v) is 7.85. The molecule has 1 aromatic carbocycles. The van der Waals surface area contributed by atoms with Gasteiger partial charge in [0.2, 0.25) is 6.43 Å². The SMILES string of the molecule is NC[C@H]1CC[C@@H](C(=O)Nc2cc(F)ccc2SCC(F)F)O1. The molecule has 1 aromatic rings. The fraction of sp³-hybridized carbons (Fsp3) is 0.500. The lowest BCUT2D eigenvalue weighted by Crippen LogP contribution is -2.30. The second-order valence-corrected chi connectivity index (χ2v) is 5.95. The van der Waals surface area contributed by atoms with Crippen molar-refractivity contribution in [1.82, 2.24) is 0 Å². The predicted octanol–water partition coefficient (Wildman–Crippen LogP) is 2.63. The minimum atomic E-state index is -2.48. The molecule has 0 unspecified atom stereocenters. The van der Waals surface area contributed by atoms with Crippen molar-refractivity contribution in [1.29, 1.82) is 0 Å². The molecule has 22 heavy (non-hydrogen) atoms. The number of carbonyl (C=O) groups is 1. The molecule has 1 aliphatic rings. The third kappa shape index (κ3) is 4.62. The van der Waals surface area contributed by atoms with E-state index in [1.807, 2.05) is 0 Å². The molecule has 4 nitrogen and oxygen atoms in total. The third-order valence-electron chi connectivity index (χ3n) is 3.23. The van der Waals surface area contributed by atoms with E-state index in [-0.39, 0.29) is 11.8 Å². The van der Waals surface area contributed by atoms with Gasteiger partial charge in [-0.15, -0.1) is 11.8 Å². The largest absolute Gasteiger partial charge is 0.364 e. The number of thioether (sulfide) groups is 1. The number of ether oxygens (including phenoxy) is 1. The minimum Gasteiger partial charge on any atom is -0.364 e. The summed E-state index contributed by atoms with van der Waals surface area (Å²) in [5.74, 6) is -1.40. The molecule has 1 fully saturated rings. The summed E-state index contributed by atoms with van der Waals surface area (Å²) >= 11 is 0.861. The number of nitrogens with one attached hydrogen (secondary N) is 1. The van der Waals surface area contributed by atoms with Gasteiger partial charge in [0.05, 0.1) is 17.5 Å². The number of hydrogen-bond acceptors (Lipinski definition) is 4. The van der Waals surface area contributed by atoms with Crippen molar-refractivity contribution in [3.8, 4) is 0 Å². The molecule has 0 radical (unpaired) electrons. The molecule has 1 aliphatic heterocycles. The lowest BCUT2D eigenvalue weighted by atomic mass is 10.2. The van der Waals surface area contributed by atoms with Gasteiger partial charge in [-0.2, -0.15) is 0 Å². The molecule has 3 N–H and O–H groups in total. The van der Waals surface area contributed by atoms with E-state index in [0.717, 1.165) is 17.8 Å². The van der Waals surface area contributed by atoms with Crippen LogP contribution in [0.5, 0.6) is 0 Å². The molecule has 0 saturated carbocycles. The summed E-state index contributed by atoms with van der Waals surface area (Å²) in [6, 6.07) is 3.65. The molecule has 2 rings (SSSR count). The van der Waals surface area contributed by atoms with Gasteiger partial charge >= 0.3 is 0 Å². The third-order valence-corrected chi connectivity index (χ3v) is 4.31. The van der Waals surface area contributed by atoms with E-state index in [2.05, 4.69) is 5.32 Å². The summed E-state index contributed by atoms with van der Waals surface area (Å²) in [5, 5.41) is 2.55. The second kappa shape index (κ2) is 7.85. The standard InChI is InChI=1S/C14H17F3N2O2S/c15-8-1-4-12(22-7-13(16)17)10(5-8)19-14(20)11-3-2-9(6-18)21-11/h1,4-5,9,11,13H,2-3,6-7,18H2,(H,19,20)/t9-,11+/m1/s1. The number of benzene rings is 1. The molecule has 0 bridgehead atoms. The maximum atomic E-state index is 13.3. The highest BCUT2D eigenvalue weighted by Crippen LogP contribution is 2.30. The molecule has 0 spiro atoms. The number of nitrogens with two attached hydrogens (primary N) is 1. The molecule has 8 heteroatoms. The molecule has 1 saturated heterocycles. The summed E-state index contributed by atoms with van der Waals surface area (Å²) < 4.78 is 43.4. The van der Waals surface area contributed by atoms with E-state index in [1.54, 1.807) is 0 Å². The van der Waals surface area contributed by atoms with E-state index in [9.17, 15) is 18.0 Å². The molecule has 1 heterocycles. The maximum absolute atomic E-state index is 13.3. The van der Waals surface area contributed by atoms with Crippen molar-refractivity contribution in [2.24, 2.45) is 5.73 Å². The Morgan fingerprint density at radius 1 is 1.45 bits per heavy atom. The van der Waals surface area contributed by atoms with Gasteiger partial charge in [0.15, 0.2) is 0 Å². The van der Waals surface area contributed by atoms with Crippen molar-refractivity contribution in [3.63, 3.8) is 0 Å². The first-order chi connectivity index (χ1) is 10.5. The quantitative estimate of drug-likeness (QED) is 0.785. The summed E-state index contributed by atoms with van der Waals surface area (Å²) in [5.41, 5.74) is 5.66. The van der Waals surface area contributed by atoms with Crippen LogP contribution in [0.4, 0.5) is 18.9 Å². The van der Waals surface area contributed by atoms with Gasteiger partial charge in [0.25, 0.3) is 5.91 Å². The highest BCUT2D eigenvalue weighted by atomic mass is 32.2. The fourth-order valence-corrected chi connectivity index (χ4v) is 2.90. The van der Waals surface area contributed by atoms with Crippen molar-refractivity contribution in [2.45, 2.75) is 36.4 Å². The van der Waals surface area contributed by atoms with Crippen LogP contribution in [-0.2, 0) is 9.53 Å². The van der Waals surface area contributed by atoms with Crippen LogP contribution in [-0.4, -0.2) is 36.8 Å². The van der Waals surface area contributed by atoms with Gasteiger partial charge in [-0.25, -0.2) is 13.2 Å². The topological polar surface area (TPSA) is 64.4 Å². The van der Waals surface area contributed by atoms with Crippen molar-refractivity contribution in [2.75, 3.05) is 17.6 Å². The van der Waals surface area contributed by atoms with E-state index in [4.69, 9.17) is 10.5 Å². The molecule has 0 aliphatic carbocycles. The minimum absolute atomic E-state index is 0.157. The van der Waals surface area contributed by atoms with Crippen LogP contribution in [0.2, 0.25) is 0 Å². The number of rotatable bonds is 6. The van der Waals surface area contributed by atoms with Crippen LogP contribution in [0.15, 0.2) is 23.1 Å². The van der Waals surface area contributed by atoms with E-state index >= 15 is 0 Å². The van der Waals surface area contributed by atoms with Gasteiger partial charge in [0, 0.05) is 11.4 Å². The Morgan fingerprint density at radius 2 is 2.23 bits per heavy atom. The summed E-state index contributed by atoms with van der Waals surface area (Å²) in [6.45, 7) is 0.333. The Kier molecular flexibility index (Phi) is 6.10. The lowest BCUT2D eigenvalue weighted by molar-refractivity contribution is -0.126. The maximum Gasteiger partial charge on any atom is 0.253 e. The number of halogens is 3. The number of amides is 1. The predicted molar refractivity (Wildman–Crippen MR) is 78.7 cm³/mol. The van der Waals surface area contributed by atoms with E-state index in [0.29, 0.717) is 24.3 Å². The first kappa shape index (κ1) is 17.1. The molecule has 2 atom stereocenters. The van der Waals surface area contributed by atoms with E-state index < -0.39 is 30.0 Å². The molecule has 1 amide bonds. The number of alkyl halides is 2. The molecular weight excluding hydrogens is 317 g/mol. The lowest BCUT2D eigenvalue weighted by Gasteiger charge is -2.15. The van der Waals surface area contributed by atoms with E-state index in [1.165, 1.54) is 12.1 Å². The highest BCUT2D eigenvalue weighted by Gasteiger charge is 2.30. The average molecular weight is 334 g/mol. The normalized spacial score (nSPS) is 21.3. The molecule has 122 valence electrons. The Hall–Kier alpha value is -1.25. The van der Waals surface area contributed by atoms with Crippen LogP contribution in [0.3, 0.4) is 0 Å². The zero-order valence-electron chi connectivity index (χ0n) is 11.7. The van der Waals surface area contributed by atoms with Gasteiger partial charge in [-0.1, -0.05) is 0 Å². The van der Waals surface area contributed by atoms with Crippen LogP contribution in [0.1, 0.15) is 12.8 Å². The monoisotopic (exact) mass is 334 g/mol. The molecular formula is C14H17F3N2O2S. The molecule has 0 aromatic heterocycles. The van der Waals surface area contributed by atoms with Crippen LogP contribution < -0.4 is 11.1 Å². The van der Waals surface area contributed by atoms with Gasteiger partial charge in [-0.3, -0.25) is 4.79 Å². The Labute approximate surface area is 130 Å². The van der Waals surface area contributed by atoms with Gasteiger partial charge < -0.3 is 15.8 Å². The van der Waals surface area contributed by atoms with Crippen LogP contribution >= 0.6 is 11.8 Å². The Bertz CT molecular complexity index is 531. The van der Waals surface area contributed by atoms with Crippen molar-refractivity contribution >= 4 is 23.4 Å². The Balaban J connectivity index is 2.04. The summed E-state index contributed by atoms with van der Waals surface area (Å²) in [7, 11) is 0. The smallest absolute Gasteiger partial charge is 0.253 e. The summed E-state index contributed by atoms with van der Waals surface area (Å²) in [4.78, 5) is 12.5. The first-order valence-electron chi connectivity index (χ1n) is 6.86. The average Bonchev–Trinajstić information content (AvgIpc) is 2.95. The Morgan fingerprint density at radius 3 is 2.86 bits per heavy atom. The second-order valence-electron chi connectivity index (χ2n) is 4.89. The van der Waals surface area contributed by atoms with Crippen LogP contribution in [0, 0.1) is 5.82 Å². The summed E-state index contributed by atoms with van der Waals surface area (Å²) in [6.07, 6.45) is -2.07. The zero-order chi connectivity index (χ0) is 16.1. The number of carbonyl (C=O) groups excluding carboxylic acids is 1. The van der Waals surface area contributed by atoms with Gasteiger partial charge in [0.1, 0.15) is 11.9 Å². The fourth-order valence-electron chi connectivity index (χ4n) is 2.16. The highest BCUT2D eigenvalue weighted by molar-refractivity contribution is 7.99.